The number of rotatable bonds is 9. The van der Waals surface area contributed by atoms with E-state index in [4.69, 9.17) is 4.74 Å². The van der Waals surface area contributed by atoms with Gasteiger partial charge in [-0.3, -0.25) is 9.69 Å². The molecule has 0 amide bonds. The second kappa shape index (κ2) is 10.6. The number of halogens is 6. The molecule has 0 radical (unpaired) electrons. The fourth-order valence-corrected chi connectivity index (χ4v) is 5.21. The van der Waals surface area contributed by atoms with Gasteiger partial charge in [0.25, 0.3) is 0 Å². The fourth-order valence-electron chi connectivity index (χ4n) is 5.21. The summed E-state index contributed by atoms with van der Waals surface area (Å²) >= 11 is 0. The lowest BCUT2D eigenvalue weighted by molar-refractivity contribution is -0.142. The van der Waals surface area contributed by atoms with E-state index in [0.29, 0.717) is 56.0 Å². The van der Waals surface area contributed by atoms with E-state index in [1.807, 2.05) is 18.2 Å². The van der Waals surface area contributed by atoms with Gasteiger partial charge in [-0.05, 0) is 79.1 Å². The maximum atomic E-state index is 13.4. The third kappa shape index (κ3) is 6.77. The Kier molecular flexibility index (Phi) is 7.78. The summed E-state index contributed by atoms with van der Waals surface area (Å²) in [5, 5.41) is 9.50. The number of alkyl halides is 6. The molecule has 1 saturated carbocycles. The highest BCUT2D eigenvalue weighted by Crippen LogP contribution is 2.47. The van der Waals surface area contributed by atoms with E-state index >= 15 is 0 Å². The molecule has 1 saturated heterocycles. The minimum absolute atomic E-state index is 0.000892. The normalized spacial score (nSPS) is 20.6. The molecule has 10 heteroatoms. The number of carbonyl (C=O) groups is 1. The molecule has 1 aliphatic heterocycles. The lowest BCUT2D eigenvalue weighted by Gasteiger charge is -2.22. The van der Waals surface area contributed by atoms with Crippen molar-refractivity contribution in [3.05, 3.63) is 64.7 Å². The predicted molar refractivity (Wildman–Crippen MR) is 124 cm³/mol. The molecule has 2 aromatic carbocycles. The summed E-state index contributed by atoms with van der Waals surface area (Å²) in [4.78, 5) is 13.3. The smallest absolute Gasteiger partial charge is 0.416 e. The van der Waals surface area contributed by atoms with Gasteiger partial charge in [0.05, 0.1) is 23.7 Å². The topological polar surface area (TPSA) is 49.8 Å². The van der Waals surface area contributed by atoms with Gasteiger partial charge in [-0.25, -0.2) is 0 Å². The highest BCUT2D eigenvalue weighted by atomic mass is 19.4. The molecule has 1 heterocycles. The first-order valence-corrected chi connectivity index (χ1v) is 12.3. The molecule has 4 nitrogen and oxygen atoms in total. The molecule has 202 valence electrons. The summed E-state index contributed by atoms with van der Waals surface area (Å²) in [7, 11) is 0. The maximum Gasteiger partial charge on any atom is 0.416 e. The summed E-state index contributed by atoms with van der Waals surface area (Å²) < 4.78 is 85.5. The summed E-state index contributed by atoms with van der Waals surface area (Å²) in [6.45, 7) is 2.62. The molecular formula is C27H29F6NO3. The van der Waals surface area contributed by atoms with Crippen LogP contribution in [0.25, 0.3) is 0 Å². The van der Waals surface area contributed by atoms with Crippen LogP contribution in [0.3, 0.4) is 0 Å². The van der Waals surface area contributed by atoms with E-state index in [2.05, 4.69) is 0 Å². The van der Waals surface area contributed by atoms with E-state index in [-0.39, 0.29) is 18.4 Å². The number of hydrogen-bond donors (Lipinski definition) is 1. The first-order chi connectivity index (χ1) is 17.3. The number of benzene rings is 2. The number of carboxylic acids is 1. The van der Waals surface area contributed by atoms with E-state index in [0.717, 1.165) is 18.4 Å². The van der Waals surface area contributed by atoms with E-state index in [1.54, 1.807) is 17.9 Å². The summed E-state index contributed by atoms with van der Waals surface area (Å²) in [6.07, 6.45) is -6.85. The molecule has 2 unspecified atom stereocenters. The van der Waals surface area contributed by atoms with Crippen molar-refractivity contribution in [3.63, 3.8) is 0 Å². The Balaban J connectivity index is 1.39. The first-order valence-electron chi connectivity index (χ1n) is 12.3. The Hall–Kier alpha value is -2.75. The monoisotopic (exact) mass is 529 g/mol. The van der Waals surface area contributed by atoms with Crippen LogP contribution in [0.2, 0.25) is 0 Å². The number of aliphatic carboxylic acids is 1. The highest BCUT2D eigenvalue weighted by Gasteiger charge is 2.39. The van der Waals surface area contributed by atoms with Gasteiger partial charge in [0.1, 0.15) is 5.75 Å². The summed E-state index contributed by atoms with van der Waals surface area (Å²) in [5.74, 6) is -0.537. The largest absolute Gasteiger partial charge is 0.493 e. The molecule has 1 aliphatic carbocycles. The zero-order valence-corrected chi connectivity index (χ0v) is 20.3. The molecule has 2 aromatic rings. The molecule has 0 bridgehead atoms. The average Bonchev–Trinajstić information content (AvgIpc) is 3.54. The number of ether oxygens (including phenoxy) is 1. The van der Waals surface area contributed by atoms with E-state index in [1.165, 1.54) is 0 Å². The van der Waals surface area contributed by atoms with Crippen molar-refractivity contribution in [2.75, 3.05) is 19.7 Å². The zero-order chi connectivity index (χ0) is 27.0. The third-order valence-electron chi connectivity index (χ3n) is 7.29. The van der Waals surface area contributed by atoms with E-state index in [9.17, 15) is 36.2 Å². The molecule has 2 aliphatic rings. The molecular weight excluding hydrogens is 500 g/mol. The van der Waals surface area contributed by atoms with Gasteiger partial charge in [-0.1, -0.05) is 19.1 Å². The Morgan fingerprint density at radius 2 is 1.78 bits per heavy atom. The summed E-state index contributed by atoms with van der Waals surface area (Å²) in [6, 6.07) is 8.92. The second-order valence-corrected chi connectivity index (χ2v) is 10.1. The van der Waals surface area contributed by atoms with Gasteiger partial charge in [0, 0.05) is 19.0 Å². The Labute approximate surface area is 211 Å². The van der Waals surface area contributed by atoms with Crippen molar-refractivity contribution in [1.82, 2.24) is 4.90 Å². The lowest BCUT2D eigenvalue weighted by atomic mass is 9.83. The van der Waals surface area contributed by atoms with Crippen molar-refractivity contribution >= 4 is 5.97 Å². The van der Waals surface area contributed by atoms with Crippen LogP contribution in [0.4, 0.5) is 26.3 Å². The fraction of sp³-hybridized carbons (Fsp3) is 0.519. The number of hydrogen-bond acceptors (Lipinski definition) is 3. The number of carboxylic acid groups (broad SMARTS) is 1. The van der Waals surface area contributed by atoms with Crippen LogP contribution in [0.15, 0.2) is 42.5 Å². The standard InChI is InChI=1S/C27H29F6NO3/c1-16(25(35)36)24(18-5-6-18)19-3-2-4-22(12-19)37-15-17-9-10-34(13-17)14-20-11-21(26(28,29)30)7-8-23(20)27(31,32)33/h2-4,7-8,11-12,16-18,24H,5-6,9-10,13-15H2,1H3,(H,35,36)/t16?,17-,24?/m0/s1. The van der Waals surface area contributed by atoms with Crippen molar-refractivity contribution in [2.24, 2.45) is 17.8 Å². The van der Waals surface area contributed by atoms with Crippen molar-refractivity contribution < 1.29 is 41.0 Å². The van der Waals surface area contributed by atoms with Crippen LogP contribution >= 0.6 is 0 Å². The minimum Gasteiger partial charge on any atom is -0.493 e. The quantitative estimate of drug-likeness (QED) is 0.362. The average molecular weight is 530 g/mol. The van der Waals surface area contributed by atoms with Gasteiger partial charge < -0.3 is 9.84 Å². The number of likely N-dealkylation sites (tertiary alicyclic amines) is 1. The van der Waals surface area contributed by atoms with Crippen LogP contribution in [-0.4, -0.2) is 35.7 Å². The molecule has 3 atom stereocenters. The third-order valence-corrected chi connectivity index (χ3v) is 7.29. The van der Waals surface area contributed by atoms with Gasteiger partial charge >= 0.3 is 18.3 Å². The van der Waals surface area contributed by atoms with Gasteiger partial charge in [-0.2, -0.15) is 26.3 Å². The van der Waals surface area contributed by atoms with Crippen molar-refractivity contribution in [3.8, 4) is 5.75 Å². The zero-order valence-electron chi connectivity index (χ0n) is 20.3. The molecule has 0 aromatic heterocycles. The van der Waals surface area contributed by atoms with Crippen LogP contribution < -0.4 is 4.74 Å². The predicted octanol–water partition coefficient (Wildman–Crippen LogP) is 6.84. The van der Waals surface area contributed by atoms with Gasteiger partial charge in [0.2, 0.25) is 0 Å². The van der Waals surface area contributed by atoms with Crippen molar-refractivity contribution in [2.45, 2.75) is 51.0 Å². The second-order valence-electron chi connectivity index (χ2n) is 10.1. The Bertz CT molecular complexity index is 1110. The van der Waals surface area contributed by atoms with Crippen LogP contribution in [0.1, 0.15) is 54.4 Å². The van der Waals surface area contributed by atoms with Crippen LogP contribution in [0.5, 0.6) is 5.75 Å². The summed E-state index contributed by atoms with van der Waals surface area (Å²) in [5.41, 5.74) is -1.64. The molecule has 0 spiro atoms. The minimum atomic E-state index is -4.75. The SMILES string of the molecule is CC(C(=O)O)C(c1cccc(OC[C@H]2CCN(Cc3cc(C(F)(F)F)ccc3C(F)(F)F)C2)c1)C1CC1. The van der Waals surface area contributed by atoms with Gasteiger partial charge in [-0.15, -0.1) is 0 Å². The van der Waals surface area contributed by atoms with Gasteiger partial charge in [0.15, 0.2) is 0 Å². The Morgan fingerprint density at radius 1 is 1.05 bits per heavy atom. The van der Waals surface area contributed by atoms with Crippen LogP contribution in [0, 0.1) is 17.8 Å². The van der Waals surface area contributed by atoms with E-state index < -0.39 is 40.9 Å². The van der Waals surface area contributed by atoms with Crippen LogP contribution in [-0.2, 0) is 23.7 Å². The number of nitrogens with zero attached hydrogens (tertiary/aromatic N) is 1. The molecule has 1 N–H and O–H groups in total. The molecule has 4 rings (SSSR count). The Morgan fingerprint density at radius 3 is 2.41 bits per heavy atom. The maximum absolute atomic E-state index is 13.4. The molecule has 37 heavy (non-hydrogen) atoms. The molecule has 2 fully saturated rings. The lowest BCUT2D eigenvalue weighted by Crippen LogP contribution is -2.24. The first kappa shape index (κ1) is 27.3. The van der Waals surface area contributed by atoms with Crippen molar-refractivity contribution in [1.29, 1.82) is 0 Å². The highest BCUT2D eigenvalue weighted by molar-refractivity contribution is 5.71.